The van der Waals surface area contributed by atoms with Crippen molar-refractivity contribution >= 4 is 17.1 Å². The zero-order chi connectivity index (χ0) is 45.0. The van der Waals surface area contributed by atoms with Gasteiger partial charge in [0.1, 0.15) is 0 Å². The topological polar surface area (TPSA) is 41.9 Å². The van der Waals surface area contributed by atoms with E-state index < -0.39 is 5.41 Å². The molecule has 11 aromatic rings. The number of hydrogen-bond acceptors (Lipinski definition) is 4. The molecule has 0 saturated carbocycles. The Labute approximate surface area is 396 Å². The predicted octanol–water partition coefficient (Wildman–Crippen LogP) is 16.0. The first-order valence-electron chi connectivity index (χ1n) is 23.2. The predicted molar refractivity (Wildman–Crippen MR) is 278 cm³/mol. The summed E-state index contributed by atoms with van der Waals surface area (Å²) < 4.78 is 0. The second-order valence-corrected chi connectivity index (χ2v) is 17.5. The fraction of sp³-hybridized carbons (Fsp3) is 0.0156. The largest absolute Gasteiger partial charge is 0.310 e. The summed E-state index contributed by atoms with van der Waals surface area (Å²) in [6, 6.07) is 91.3. The number of fused-ring (bicyclic) bond motifs is 9. The van der Waals surface area contributed by atoms with Crippen molar-refractivity contribution in [1.29, 1.82) is 0 Å². The first kappa shape index (κ1) is 39.4. The Hall–Kier alpha value is -8.99. The van der Waals surface area contributed by atoms with Crippen LogP contribution < -0.4 is 4.90 Å². The van der Waals surface area contributed by atoms with Crippen LogP contribution in [0.15, 0.2) is 255 Å². The Morgan fingerprint density at radius 1 is 0.250 bits per heavy atom. The molecule has 1 aliphatic carbocycles. The van der Waals surface area contributed by atoms with Crippen molar-refractivity contribution in [3.63, 3.8) is 0 Å². The van der Waals surface area contributed by atoms with E-state index in [9.17, 15) is 0 Å². The number of benzene rings is 10. The number of aromatic nitrogens is 3. The molecule has 10 aromatic carbocycles. The average Bonchev–Trinajstić information content (AvgIpc) is 3.72. The van der Waals surface area contributed by atoms with E-state index in [0.717, 1.165) is 44.6 Å². The fourth-order valence-corrected chi connectivity index (χ4v) is 10.6. The van der Waals surface area contributed by atoms with Gasteiger partial charge in [0.15, 0.2) is 17.5 Å². The highest BCUT2D eigenvalue weighted by Crippen LogP contribution is 2.63. The minimum atomic E-state index is -0.527. The molecule has 2 aliphatic rings. The molecule has 1 spiro atoms. The third kappa shape index (κ3) is 6.41. The monoisotopic (exact) mass is 866 g/mol. The van der Waals surface area contributed by atoms with Crippen molar-refractivity contribution in [2.75, 3.05) is 4.90 Å². The van der Waals surface area contributed by atoms with E-state index in [1.54, 1.807) is 0 Å². The summed E-state index contributed by atoms with van der Waals surface area (Å²) in [6.45, 7) is 0. The van der Waals surface area contributed by atoms with Crippen molar-refractivity contribution in [3.8, 4) is 78.7 Å². The Balaban J connectivity index is 0.899. The smallest absolute Gasteiger partial charge is 0.164 e. The van der Waals surface area contributed by atoms with Crippen LogP contribution in [0.3, 0.4) is 0 Å². The third-order valence-corrected chi connectivity index (χ3v) is 13.8. The summed E-state index contributed by atoms with van der Waals surface area (Å²) in [5.41, 5.74) is 20.4. The van der Waals surface area contributed by atoms with Crippen LogP contribution in [0.4, 0.5) is 17.1 Å². The summed E-state index contributed by atoms with van der Waals surface area (Å²) in [7, 11) is 0. The van der Waals surface area contributed by atoms with E-state index in [4.69, 9.17) is 15.0 Å². The molecule has 2 heterocycles. The molecule has 0 unspecified atom stereocenters. The number of anilines is 3. The fourth-order valence-electron chi connectivity index (χ4n) is 10.6. The van der Waals surface area contributed by atoms with E-state index in [-0.39, 0.29) is 0 Å². The van der Waals surface area contributed by atoms with Crippen molar-refractivity contribution < 1.29 is 0 Å². The first-order valence-corrected chi connectivity index (χ1v) is 23.2. The number of rotatable bonds is 7. The van der Waals surface area contributed by atoms with Crippen LogP contribution >= 0.6 is 0 Å². The van der Waals surface area contributed by atoms with Crippen LogP contribution in [0.1, 0.15) is 22.3 Å². The van der Waals surface area contributed by atoms with E-state index in [2.05, 4.69) is 235 Å². The zero-order valence-corrected chi connectivity index (χ0v) is 37.0. The molecule has 0 fully saturated rings. The summed E-state index contributed by atoms with van der Waals surface area (Å²) in [5.74, 6) is 1.89. The van der Waals surface area contributed by atoms with Crippen LogP contribution in [0, 0.1) is 0 Å². The van der Waals surface area contributed by atoms with Crippen LogP contribution in [0.5, 0.6) is 0 Å². The molecular formula is C64H42N4. The Morgan fingerprint density at radius 3 is 1.10 bits per heavy atom. The molecular weight excluding hydrogens is 825 g/mol. The van der Waals surface area contributed by atoms with Gasteiger partial charge in [0.25, 0.3) is 0 Å². The molecule has 4 nitrogen and oxygen atoms in total. The Morgan fingerprint density at radius 2 is 0.588 bits per heavy atom. The lowest BCUT2D eigenvalue weighted by Crippen LogP contribution is -2.36. The molecule has 0 saturated heterocycles. The minimum Gasteiger partial charge on any atom is -0.310 e. The highest BCUT2D eigenvalue weighted by atomic mass is 15.2. The lowest BCUT2D eigenvalue weighted by atomic mass is 9.64. The molecule has 0 atom stereocenters. The van der Waals surface area contributed by atoms with Gasteiger partial charge in [0, 0.05) is 22.4 Å². The van der Waals surface area contributed by atoms with Crippen molar-refractivity contribution in [2.45, 2.75) is 5.41 Å². The Bertz CT molecular complexity index is 3600. The summed E-state index contributed by atoms with van der Waals surface area (Å²) in [4.78, 5) is 17.7. The molecule has 0 bridgehead atoms. The van der Waals surface area contributed by atoms with E-state index >= 15 is 0 Å². The van der Waals surface area contributed by atoms with Crippen LogP contribution in [0.2, 0.25) is 0 Å². The maximum Gasteiger partial charge on any atom is 0.164 e. The molecule has 0 amide bonds. The number of hydrogen-bond donors (Lipinski definition) is 0. The first-order chi connectivity index (χ1) is 33.7. The van der Waals surface area contributed by atoms with Crippen LogP contribution in [-0.2, 0) is 5.41 Å². The highest BCUT2D eigenvalue weighted by molar-refractivity contribution is 5.96. The molecule has 1 aromatic heterocycles. The molecule has 318 valence electrons. The normalized spacial score (nSPS) is 12.8. The van der Waals surface area contributed by atoms with Gasteiger partial charge in [-0.1, -0.05) is 224 Å². The van der Waals surface area contributed by atoms with E-state index in [1.165, 1.54) is 55.9 Å². The molecule has 0 radical (unpaired) electrons. The minimum absolute atomic E-state index is 0.527. The third-order valence-electron chi connectivity index (χ3n) is 13.8. The summed E-state index contributed by atoms with van der Waals surface area (Å²) >= 11 is 0. The second kappa shape index (κ2) is 16.2. The van der Waals surface area contributed by atoms with Gasteiger partial charge in [-0.25, -0.2) is 15.0 Å². The van der Waals surface area contributed by atoms with Gasteiger partial charge in [0.05, 0.1) is 16.8 Å². The van der Waals surface area contributed by atoms with Crippen molar-refractivity contribution in [1.82, 2.24) is 15.0 Å². The number of nitrogens with zero attached hydrogens (tertiary/aromatic N) is 4. The van der Waals surface area contributed by atoms with E-state index in [1.807, 2.05) is 24.3 Å². The average molecular weight is 867 g/mol. The lowest BCUT2D eigenvalue weighted by molar-refractivity contribution is 0.753. The second-order valence-electron chi connectivity index (χ2n) is 17.5. The van der Waals surface area contributed by atoms with Crippen molar-refractivity contribution in [3.05, 3.63) is 277 Å². The quantitative estimate of drug-likeness (QED) is 0.160. The standard InChI is InChI=1S/C64H42N4/c1-4-16-43(17-5-1)44-28-30-45(31-29-44)46-32-36-49(37-33-46)62-65-61(48-18-6-2-7-19-48)66-63(67-62)50-38-34-47(35-39-50)51-40-41-60-58(42-51)64(55-24-12-10-22-53(55)54-23-11-13-25-56(54)64)57-26-14-15-27-59(57)68(60)52-20-8-3-9-21-52/h1-42H. The Kier molecular flexibility index (Phi) is 9.36. The molecule has 0 N–H and O–H groups in total. The van der Waals surface area contributed by atoms with Gasteiger partial charge < -0.3 is 4.90 Å². The maximum atomic E-state index is 5.13. The zero-order valence-electron chi connectivity index (χ0n) is 37.0. The molecule has 68 heavy (non-hydrogen) atoms. The van der Waals surface area contributed by atoms with E-state index in [0.29, 0.717) is 17.5 Å². The summed E-state index contributed by atoms with van der Waals surface area (Å²) in [5, 5.41) is 0. The van der Waals surface area contributed by atoms with Gasteiger partial charge >= 0.3 is 0 Å². The highest BCUT2D eigenvalue weighted by Gasteiger charge is 2.51. The van der Waals surface area contributed by atoms with Crippen LogP contribution in [0.25, 0.3) is 78.7 Å². The molecule has 4 heteroatoms. The summed E-state index contributed by atoms with van der Waals surface area (Å²) in [6.07, 6.45) is 0. The molecule has 13 rings (SSSR count). The maximum absolute atomic E-state index is 5.13. The number of para-hydroxylation sites is 2. The SMILES string of the molecule is c1ccc(-c2ccc(-c3ccc(-c4nc(-c5ccccc5)nc(-c5ccc(-c6ccc7c(c6)C6(c8ccccc8-c8ccccc86)c6ccccc6N7c6ccccc6)cc5)n4)cc3)cc2)cc1. The lowest BCUT2D eigenvalue weighted by Gasteiger charge is -2.45. The van der Waals surface area contributed by atoms with Gasteiger partial charge in [-0.15, -0.1) is 0 Å². The molecule has 1 aliphatic heterocycles. The van der Waals surface area contributed by atoms with Gasteiger partial charge in [-0.3, -0.25) is 0 Å². The van der Waals surface area contributed by atoms with Crippen molar-refractivity contribution in [2.24, 2.45) is 0 Å². The van der Waals surface area contributed by atoms with Gasteiger partial charge in [-0.05, 0) is 97.1 Å². The van der Waals surface area contributed by atoms with Gasteiger partial charge in [0.2, 0.25) is 0 Å². The van der Waals surface area contributed by atoms with Crippen LogP contribution in [-0.4, -0.2) is 15.0 Å². The van der Waals surface area contributed by atoms with Gasteiger partial charge in [-0.2, -0.15) is 0 Å².